The maximum atomic E-state index is 12.7. The van der Waals surface area contributed by atoms with Gasteiger partial charge in [-0.15, -0.1) is 0 Å². The molecule has 1 fully saturated rings. The fourth-order valence-electron chi connectivity index (χ4n) is 1.78. The smallest absolute Gasteiger partial charge is 0.337 e. The third-order valence-electron chi connectivity index (χ3n) is 2.63. The van der Waals surface area contributed by atoms with Crippen LogP contribution in [-0.4, -0.2) is 49.8 Å². The molecule has 0 aromatic rings. The summed E-state index contributed by atoms with van der Waals surface area (Å²) in [4.78, 5) is 11.9. The highest BCUT2D eigenvalue weighted by Crippen LogP contribution is 2.28. The summed E-state index contributed by atoms with van der Waals surface area (Å²) in [6, 6.07) is 0. The van der Waals surface area contributed by atoms with E-state index in [0.717, 1.165) is 4.90 Å². The van der Waals surface area contributed by atoms with Gasteiger partial charge in [-0.3, -0.25) is 4.79 Å². The molecule has 1 aliphatic rings. The predicted molar refractivity (Wildman–Crippen MR) is 49.6 cm³/mol. The average Bonchev–Trinajstić information content (AvgIpc) is 2.65. The van der Waals surface area contributed by atoms with E-state index in [-0.39, 0.29) is 19.0 Å². The average molecular weight is 242 g/mol. The van der Waals surface area contributed by atoms with Gasteiger partial charge in [0.2, 0.25) is 0 Å². The van der Waals surface area contributed by atoms with Gasteiger partial charge in [0.05, 0.1) is 0 Å². The van der Waals surface area contributed by atoms with Crippen LogP contribution in [0.3, 0.4) is 0 Å². The largest absolute Gasteiger partial charge is 0.383 e. The van der Waals surface area contributed by atoms with Gasteiger partial charge < -0.3 is 10.2 Å². The number of likely N-dealkylation sites (tertiary alicyclic amines) is 1. The highest BCUT2D eigenvalue weighted by atomic mass is 19.3. The van der Waals surface area contributed by atoms with Crippen LogP contribution in [0.15, 0.2) is 0 Å². The summed E-state index contributed by atoms with van der Waals surface area (Å²) in [7, 11) is 1.71. The van der Waals surface area contributed by atoms with Crippen molar-refractivity contribution in [2.45, 2.75) is 18.8 Å². The van der Waals surface area contributed by atoms with E-state index in [1.807, 2.05) is 0 Å². The van der Waals surface area contributed by atoms with E-state index < -0.39 is 18.3 Å². The molecule has 3 nitrogen and oxygen atoms in total. The third-order valence-corrected chi connectivity index (χ3v) is 2.63. The van der Waals surface area contributed by atoms with Crippen LogP contribution in [0, 0.1) is 5.92 Å². The molecule has 0 bridgehead atoms. The summed E-state index contributed by atoms with van der Waals surface area (Å²) in [5.41, 5.74) is 0. The highest BCUT2D eigenvalue weighted by molar-refractivity contribution is 5.84. The maximum Gasteiger partial charge on any atom is 0.383 e. The second-order valence-electron chi connectivity index (χ2n) is 3.89. The van der Waals surface area contributed by atoms with Crippen molar-refractivity contribution in [2.75, 3.05) is 26.7 Å². The Morgan fingerprint density at radius 3 is 2.69 bits per heavy atom. The maximum absolute atomic E-state index is 12.7. The Hall–Kier alpha value is -0.850. The fourth-order valence-corrected chi connectivity index (χ4v) is 1.78. The van der Waals surface area contributed by atoms with Crippen molar-refractivity contribution >= 4 is 5.91 Å². The molecule has 1 rings (SSSR count). The Labute approximate surface area is 90.8 Å². The van der Waals surface area contributed by atoms with Gasteiger partial charge in [0.25, 0.3) is 5.91 Å². The minimum absolute atomic E-state index is 0.0578. The van der Waals surface area contributed by atoms with Gasteiger partial charge in [-0.2, -0.15) is 8.78 Å². The van der Waals surface area contributed by atoms with Crippen LogP contribution in [0.2, 0.25) is 0 Å². The molecule has 0 aromatic heterocycles. The van der Waals surface area contributed by atoms with Gasteiger partial charge in [0.15, 0.2) is 0 Å². The lowest BCUT2D eigenvalue weighted by Crippen LogP contribution is -2.47. The monoisotopic (exact) mass is 242 g/mol. The zero-order valence-corrected chi connectivity index (χ0v) is 8.85. The Kier molecular flexibility index (Phi) is 4.12. The number of hydrogen-bond acceptors (Lipinski definition) is 2. The lowest BCUT2D eigenvalue weighted by Gasteiger charge is -2.22. The molecule has 1 heterocycles. The standard InChI is InChI=1S/C9H14F4N2O/c1-14-4-6-2-3-15(5-6)8(16)9(12,13)7(10)11/h6-7,14H,2-5H2,1H3. The Morgan fingerprint density at radius 2 is 2.19 bits per heavy atom. The number of nitrogens with one attached hydrogen (secondary N) is 1. The first kappa shape index (κ1) is 13.2. The van der Waals surface area contributed by atoms with Crippen molar-refractivity contribution in [2.24, 2.45) is 5.92 Å². The predicted octanol–water partition coefficient (Wildman–Crippen LogP) is 0.955. The molecular formula is C9H14F4N2O. The van der Waals surface area contributed by atoms with Crippen molar-refractivity contribution < 1.29 is 22.4 Å². The summed E-state index contributed by atoms with van der Waals surface area (Å²) in [5.74, 6) is -6.27. The summed E-state index contributed by atoms with van der Waals surface area (Å²) in [6.45, 7) is 0.819. The van der Waals surface area contributed by atoms with Gasteiger partial charge in [-0.1, -0.05) is 0 Å². The van der Waals surface area contributed by atoms with E-state index in [2.05, 4.69) is 5.32 Å². The molecule has 1 N–H and O–H groups in total. The van der Waals surface area contributed by atoms with E-state index in [9.17, 15) is 22.4 Å². The number of rotatable bonds is 4. The number of nitrogens with zero attached hydrogens (tertiary/aromatic N) is 1. The van der Waals surface area contributed by atoms with Gasteiger partial charge >= 0.3 is 12.3 Å². The number of carbonyl (C=O) groups excluding carboxylic acids is 1. The summed E-state index contributed by atoms with van der Waals surface area (Å²) < 4.78 is 49.4. The van der Waals surface area contributed by atoms with E-state index in [4.69, 9.17) is 0 Å². The number of carbonyl (C=O) groups is 1. The molecule has 0 spiro atoms. The molecule has 1 amide bonds. The first-order chi connectivity index (χ1) is 7.39. The molecule has 0 radical (unpaired) electrons. The van der Waals surface area contributed by atoms with Crippen LogP contribution in [-0.2, 0) is 4.79 Å². The van der Waals surface area contributed by atoms with Gasteiger partial charge in [-0.05, 0) is 25.9 Å². The Bertz CT molecular complexity index is 260. The van der Waals surface area contributed by atoms with Gasteiger partial charge in [0.1, 0.15) is 0 Å². The first-order valence-corrected chi connectivity index (χ1v) is 4.99. The van der Waals surface area contributed by atoms with E-state index in [0.29, 0.717) is 13.0 Å². The number of amides is 1. The number of hydrogen-bond donors (Lipinski definition) is 1. The van der Waals surface area contributed by atoms with Crippen molar-refractivity contribution in [1.82, 2.24) is 10.2 Å². The quantitative estimate of drug-likeness (QED) is 0.744. The topological polar surface area (TPSA) is 32.3 Å². The van der Waals surface area contributed by atoms with Gasteiger partial charge in [0, 0.05) is 13.1 Å². The van der Waals surface area contributed by atoms with Crippen molar-refractivity contribution in [3.8, 4) is 0 Å². The first-order valence-electron chi connectivity index (χ1n) is 4.99. The Morgan fingerprint density at radius 1 is 1.56 bits per heavy atom. The molecule has 0 aromatic carbocycles. The lowest BCUT2D eigenvalue weighted by atomic mass is 10.1. The Balaban J connectivity index is 2.57. The molecule has 16 heavy (non-hydrogen) atoms. The number of halogens is 4. The fraction of sp³-hybridized carbons (Fsp3) is 0.889. The van der Waals surface area contributed by atoms with Crippen LogP contribution < -0.4 is 5.32 Å². The lowest BCUT2D eigenvalue weighted by molar-refractivity contribution is -0.179. The van der Waals surface area contributed by atoms with Crippen LogP contribution in [0.4, 0.5) is 17.6 Å². The zero-order chi connectivity index (χ0) is 12.3. The van der Waals surface area contributed by atoms with Crippen LogP contribution in [0.5, 0.6) is 0 Å². The van der Waals surface area contributed by atoms with Gasteiger partial charge in [-0.25, -0.2) is 8.78 Å². The van der Waals surface area contributed by atoms with E-state index in [1.165, 1.54) is 0 Å². The highest BCUT2D eigenvalue weighted by Gasteiger charge is 2.52. The molecule has 1 aliphatic heterocycles. The molecule has 1 unspecified atom stereocenters. The second-order valence-corrected chi connectivity index (χ2v) is 3.89. The molecule has 0 saturated carbocycles. The van der Waals surface area contributed by atoms with Crippen LogP contribution in [0.1, 0.15) is 6.42 Å². The minimum Gasteiger partial charge on any atom is -0.337 e. The summed E-state index contributed by atoms with van der Waals surface area (Å²) in [5, 5.41) is 2.86. The normalized spacial score (nSPS) is 21.9. The second kappa shape index (κ2) is 4.99. The van der Waals surface area contributed by atoms with Crippen molar-refractivity contribution in [1.29, 1.82) is 0 Å². The van der Waals surface area contributed by atoms with Crippen LogP contribution in [0.25, 0.3) is 0 Å². The molecule has 94 valence electrons. The molecule has 1 atom stereocenters. The number of alkyl halides is 4. The molecule has 0 aliphatic carbocycles. The zero-order valence-electron chi connectivity index (χ0n) is 8.85. The third kappa shape index (κ3) is 2.63. The van der Waals surface area contributed by atoms with Crippen molar-refractivity contribution in [3.05, 3.63) is 0 Å². The van der Waals surface area contributed by atoms with E-state index >= 15 is 0 Å². The van der Waals surface area contributed by atoms with Crippen molar-refractivity contribution in [3.63, 3.8) is 0 Å². The SMILES string of the molecule is CNCC1CCN(C(=O)C(F)(F)C(F)F)C1. The molecule has 1 saturated heterocycles. The van der Waals surface area contributed by atoms with E-state index in [1.54, 1.807) is 7.05 Å². The summed E-state index contributed by atoms with van der Waals surface area (Å²) in [6.07, 6.45) is -3.38. The molecular weight excluding hydrogens is 228 g/mol. The minimum atomic E-state index is -4.56. The van der Waals surface area contributed by atoms with Crippen LogP contribution >= 0.6 is 0 Å². The molecule has 7 heteroatoms. The summed E-state index contributed by atoms with van der Waals surface area (Å²) >= 11 is 0.